The number of hydrogen-bond donors (Lipinski definition) is 0. The predicted molar refractivity (Wildman–Crippen MR) is 146 cm³/mol. The third-order valence-corrected chi connectivity index (χ3v) is 6.69. The molecule has 0 atom stereocenters. The van der Waals surface area contributed by atoms with E-state index in [0.29, 0.717) is 11.1 Å². The Balaban J connectivity index is 1.53. The summed E-state index contributed by atoms with van der Waals surface area (Å²) < 4.78 is 0. The lowest BCUT2D eigenvalue weighted by Gasteiger charge is -2.23. The Morgan fingerprint density at radius 1 is 0.472 bits per heavy atom. The highest BCUT2D eigenvalue weighted by atomic mass is 16.2. The molecule has 0 radical (unpaired) electrons. The molecule has 0 unspecified atom stereocenters. The summed E-state index contributed by atoms with van der Waals surface area (Å²) in [6.07, 6.45) is 0. The Labute approximate surface area is 209 Å². The van der Waals surface area contributed by atoms with Crippen molar-refractivity contribution in [3.63, 3.8) is 0 Å². The van der Waals surface area contributed by atoms with Gasteiger partial charge in [-0.3, -0.25) is 14.5 Å². The molecule has 0 N–H and O–H groups in total. The van der Waals surface area contributed by atoms with Crippen molar-refractivity contribution in [1.29, 1.82) is 0 Å². The number of carbonyl (C=O) groups is 2. The Bertz CT molecular complexity index is 1750. The first kappa shape index (κ1) is 21.8. The minimum atomic E-state index is -0.308. The summed E-state index contributed by atoms with van der Waals surface area (Å²) >= 11 is 0. The standard InChI is InChI=1S/C33H23NO2/c35-32(30-20-10-15-24-13-4-6-16-26(24)30)34(22-23-11-2-1-3-12-23)33(36)31-21-25-14-5-7-17-27(25)28-18-8-9-19-29(28)31/h1-21H,22H2. The number of hydrogen-bond acceptors (Lipinski definition) is 2. The van der Waals surface area contributed by atoms with Crippen LogP contribution < -0.4 is 0 Å². The molecule has 6 aromatic carbocycles. The van der Waals surface area contributed by atoms with E-state index in [1.807, 2.05) is 115 Å². The van der Waals surface area contributed by atoms with E-state index in [1.54, 1.807) is 6.07 Å². The SMILES string of the molecule is O=C(c1cccc2ccccc12)N(Cc1ccccc1)C(=O)c1cc2ccccc2c2ccccc12. The molecule has 0 bridgehead atoms. The molecule has 0 aliphatic carbocycles. The van der Waals surface area contributed by atoms with Gasteiger partial charge in [-0.15, -0.1) is 0 Å². The lowest BCUT2D eigenvalue weighted by molar-refractivity contribution is 0.0606. The third kappa shape index (κ3) is 3.81. The summed E-state index contributed by atoms with van der Waals surface area (Å²) in [7, 11) is 0. The van der Waals surface area contributed by atoms with E-state index in [0.717, 1.165) is 37.9 Å². The maximum atomic E-state index is 14.3. The zero-order chi connectivity index (χ0) is 24.5. The first-order valence-corrected chi connectivity index (χ1v) is 12.0. The average molecular weight is 466 g/mol. The molecule has 0 aromatic heterocycles. The number of benzene rings is 6. The van der Waals surface area contributed by atoms with E-state index in [9.17, 15) is 9.59 Å². The van der Waals surface area contributed by atoms with Gasteiger partial charge in [-0.1, -0.05) is 115 Å². The quantitative estimate of drug-likeness (QED) is 0.198. The maximum Gasteiger partial charge on any atom is 0.261 e. The van der Waals surface area contributed by atoms with Crippen LogP contribution in [-0.2, 0) is 6.54 Å². The second-order valence-corrected chi connectivity index (χ2v) is 8.90. The lowest BCUT2D eigenvalue weighted by atomic mass is 9.96. The molecule has 3 heteroatoms. The summed E-state index contributed by atoms with van der Waals surface area (Å²) in [5.41, 5.74) is 1.93. The van der Waals surface area contributed by atoms with Crippen LogP contribution in [0, 0.1) is 0 Å². The zero-order valence-electron chi connectivity index (χ0n) is 19.6. The van der Waals surface area contributed by atoms with Gasteiger partial charge in [-0.2, -0.15) is 0 Å². The third-order valence-electron chi connectivity index (χ3n) is 6.69. The number of carbonyl (C=O) groups excluding carboxylic acids is 2. The molecule has 0 fully saturated rings. The fraction of sp³-hybridized carbons (Fsp3) is 0.0303. The van der Waals surface area contributed by atoms with Crippen LogP contribution in [0.25, 0.3) is 32.3 Å². The molecular weight excluding hydrogens is 442 g/mol. The number of nitrogens with zero attached hydrogens (tertiary/aromatic N) is 1. The van der Waals surface area contributed by atoms with Crippen molar-refractivity contribution in [2.45, 2.75) is 6.54 Å². The number of fused-ring (bicyclic) bond motifs is 4. The van der Waals surface area contributed by atoms with E-state index >= 15 is 0 Å². The van der Waals surface area contributed by atoms with Crippen LogP contribution in [0.2, 0.25) is 0 Å². The van der Waals surface area contributed by atoms with Crippen LogP contribution in [-0.4, -0.2) is 16.7 Å². The van der Waals surface area contributed by atoms with E-state index in [2.05, 4.69) is 6.07 Å². The average Bonchev–Trinajstić information content (AvgIpc) is 2.95. The van der Waals surface area contributed by atoms with Crippen LogP contribution in [0.15, 0.2) is 127 Å². The van der Waals surface area contributed by atoms with Gasteiger partial charge in [0.25, 0.3) is 11.8 Å². The highest BCUT2D eigenvalue weighted by Crippen LogP contribution is 2.30. The molecule has 6 aromatic rings. The molecule has 3 nitrogen and oxygen atoms in total. The second-order valence-electron chi connectivity index (χ2n) is 8.90. The second kappa shape index (κ2) is 9.12. The summed E-state index contributed by atoms with van der Waals surface area (Å²) in [5, 5.41) is 5.68. The van der Waals surface area contributed by atoms with Gasteiger partial charge < -0.3 is 0 Å². The van der Waals surface area contributed by atoms with E-state index in [4.69, 9.17) is 0 Å². The van der Waals surface area contributed by atoms with E-state index in [-0.39, 0.29) is 18.4 Å². The van der Waals surface area contributed by atoms with Gasteiger partial charge in [0.1, 0.15) is 0 Å². The number of rotatable bonds is 4. The first-order valence-electron chi connectivity index (χ1n) is 12.0. The fourth-order valence-corrected chi connectivity index (χ4v) is 4.94. The Hall–Kier alpha value is -4.76. The van der Waals surface area contributed by atoms with E-state index < -0.39 is 0 Å². The lowest BCUT2D eigenvalue weighted by Crippen LogP contribution is -2.36. The van der Waals surface area contributed by atoms with Gasteiger partial charge in [0.05, 0.1) is 6.54 Å². The van der Waals surface area contributed by atoms with Gasteiger partial charge in [0.15, 0.2) is 0 Å². The van der Waals surface area contributed by atoms with Gasteiger partial charge in [-0.25, -0.2) is 0 Å². The van der Waals surface area contributed by atoms with Crippen molar-refractivity contribution in [2.24, 2.45) is 0 Å². The topological polar surface area (TPSA) is 37.4 Å². The smallest absolute Gasteiger partial charge is 0.261 e. The van der Waals surface area contributed by atoms with Crippen LogP contribution in [0.4, 0.5) is 0 Å². The van der Waals surface area contributed by atoms with Crippen LogP contribution >= 0.6 is 0 Å². The molecule has 0 aliphatic heterocycles. The molecule has 172 valence electrons. The highest BCUT2D eigenvalue weighted by molar-refractivity contribution is 6.22. The van der Waals surface area contributed by atoms with Crippen molar-refractivity contribution in [1.82, 2.24) is 4.90 Å². The normalized spacial score (nSPS) is 11.1. The molecule has 0 spiro atoms. The molecule has 2 amide bonds. The van der Waals surface area contributed by atoms with Gasteiger partial charge in [0, 0.05) is 11.1 Å². The maximum absolute atomic E-state index is 14.3. The van der Waals surface area contributed by atoms with Gasteiger partial charge >= 0.3 is 0 Å². The van der Waals surface area contributed by atoms with Crippen molar-refractivity contribution in [3.8, 4) is 0 Å². The van der Waals surface area contributed by atoms with Crippen LogP contribution in [0.5, 0.6) is 0 Å². The summed E-state index contributed by atoms with van der Waals surface area (Å²) in [6.45, 7) is 0.183. The molecule has 0 saturated heterocycles. The summed E-state index contributed by atoms with van der Waals surface area (Å²) in [5.74, 6) is -0.614. The molecule has 36 heavy (non-hydrogen) atoms. The van der Waals surface area contributed by atoms with Crippen LogP contribution in [0.1, 0.15) is 26.3 Å². The zero-order valence-corrected chi connectivity index (χ0v) is 19.6. The van der Waals surface area contributed by atoms with Crippen LogP contribution in [0.3, 0.4) is 0 Å². The molecule has 0 saturated carbocycles. The molecule has 0 heterocycles. The Kier molecular flexibility index (Phi) is 5.51. The summed E-state index contributed by atoms with van der Waals surface area (Å²) in [6, 6.07) is 40.9. The van der Waals surface area contributed by atoms with Crippen molar-refractivity contribution < 1.29 is 9.59 Å². The number of amides is 2. The largest absolute Gasteiger partial charge is 0.270 e. The number of imide groups is 1. The Morgan fingerprint density at radius 2 is 1.03 bits per heavy atom. The highest BCUT2D eigenvalue weighted by Gasteiger charge is 2.27. The van der Waals surface area contributed by atoms with E-state index in [1.165, 1.54) is 4.90 Å². The Morgan fingerprint density at radius 3 is 1.81 bits per heavy atom. The first-order chi connectivity index (χ1) is 17.7. The monoisotopic (exact) mass is 465 g/mol. The van der Waals surface area contributed by atoms with Gasteiger partial charge in [-0.05, 0) is 50.0 Å². The fourth-order valence-electron chi connectivity index (χ4n) is 4.94. The summed E-state index contributed by atoms with van der Waals surface area (Å²) in [4.78, 5) is 29.7. The van der Waals surface area contributed by atoms with Crippen molar-refractivity contribution >= 4 is 44.1 Å². The minimum absolute atomic E-state index is 0.183. The van der Waals surface area contributed by atoms with Crippen molar-refractivity contribution in [2.75, 3.05) is 0 Å². The molecule has 6 rings (SSSR count). The predicted octanol–water partition coefficient (Wildman–Crippen LogP) is 7.63. The molecular formula is C33H23NO2. The molecule has 0 aliphatic rings. The van der Waals surface area contributed by atoms with Gasteiger partial charge in [0.2, 0.25) is 0 Å². The minimum Gasteiger partial charge on any atom is -0.270 e. The van der Waals surface area contributed by atoms with Crippen molar-refractivity contribution in [3.05, 3.63) is 144 Å².